The van der Waals surface area contributed by atoms with Gasteiger partial charge in [-0.15, -0.1) is 0 Å². The molecule has 0 radical (unpaired) electrons. The maximum Gasteiger partial charge on any atom is 0.338 e. The van der Waals surface area contributed by atoms with Crippen molar-refractivity contribution in [2.24, 2.45) is 10.9 Å². The summed E-state index contributed by atoms with van der Waals surface area (Å²) in [5.41, 5.74) is 2.41. The van der Waals surface area contributed by atoms with Crippen LogP contribution in [0.4, 0.5) is 0 Å². The standard InChI is InChI=1S/C23H29N3O5S/c1-13(2)11-24-18(27)10-15-12-32-23-25-14(3)19(22(28)31-6)20(26(15)23)16-8-7-9-17(29-4)21(16)30-5/h7-9,12-13,20H,10-11H2,1-6H3,(H,24,27). The van der Waals surface area contributed by atoms with Gasteiger partial charge in [-0.05, 0) is 24.3 Å². The molecule has 0 spiro atoms. The van der Waals surface area contributed by atoms with E-state index in [-0.39, 0.29) is 12.3 Å². The van der Waals surface area contributed by atoms with Gasteiger partial charge in [0.05, 0.1) is 45.1 Å². The molecule has 1 aromatic carbocycles. The molecule has 1 atom stereocenters. The highest BCUT2D eigenvalue weighted by Gasteiger charge is 2.42. The van der Waals surface area contributed by atoms with E-state index < -0.39 is 12.0 Å². The second-order valence-electron chi connectivity index (χ2n) is 7.84. The summed E-state index contributed by atoms with van der Waals surface area (Å²) < 4.78 is 16.3. The van der Waals surface area contributed by atoms with Gasteiger partial charge in [0.15, 0.2) is 16.7 Å². The van der Waals surface area contributed by atoms with Crippen molar-refractivity contribution in [1.82, 2.24) is 10.2 Å². The number of carbonyl (C=O) groups is 2. The number of nitrogens with one attached hydrogen (secondary N) is 1. The highest BCUT2D eigenvalue weighted by molar-refractivity contribution is 8.16. The van der Waals surface area contributed by atoms with Gasteiger partial charge in [0.25, 0.3) is 0 Å². The lowest BCUT2D eigenvalue weighted by molar-refractivity contribution is -0.136. The van der Waals surface area contributed by atoms with Gasteiger partial charge in [-0.1, -0.05) is 37.7 Å². The van der Waals surface area contributed by atoms with Crippen LogP contribution in [0.2, 0.25) is 0 Å². The van der Waals surface area contributed by atoms with Gasteiger partial charge < -0.3 is 24.4 Å². The van der Waals surface area contributed by atoms with E-state index in [1.165, 1.54) is 18.9 Å². The average molecular weight is 460 g/mol. The third kappa shape index (κ3) is 4.62. The van der Waals surface area contributed by atoms with E-state index in [4.69, 9.17) is 14.2 Å². The number of hydrogen-bond donors (Lipinski definition) is 1. The van der Waals surface area contributed by atoms with Gasteiger partial charge in [0.2, 0.25) is 5.91 Å². The largest absolute Gasteiger partial charge is 0.493 e. The molecule has 0 bridgehead atoms. The van der Waals surface area contributed by atoms with Gasteiger partial charge in [-0.2, -0.15) is 0 Å². The summed E-state index contributed by atoms with van der Waals surface area (Å²) in [6, 6.07) is 4.93. The van der Waals surface area contributed by atoms with Crippen LogP contribution in [0.15, 0.2) is 45.6 Å². The lowest BCUT2D eigenvalue weighted by Gasteiger charge is -2.36. The fourth-order valence-electron chi connectivity index (χ4n) is 3.71. The third-order valence-electron chi connectivity index (χ3n) is 5.18. The van der Waals surface area contributed by atoms with Crippen molar-refractivity contribution in [3.63, 3.8) is 0 Å². The first-order chi connectivity index (χ1) is 15.3. The number of para-hydroxylation sites is 1. The minimum absolute atomic E-state index is 0.0888. The molecule has 0 aliphatic carbocycles. The fraction of sp³-hybridized carbons (Fsp3) is 0.435. The van der Waals surface area contributed by atoms with E-state index >= 15 is 0 Å². The van der Waals surface area contributed by atoms with E-state index in [0.717, 1.165) is 11.3 Å². The van der Waals surface area contributed by atoms with Gasteiger partial charge >= 0.3 is 5.97 Å². The minimum atomic E-state index is -0.584. The van der Waals surface area contributed by atoms with Crippen molar-refractivity contribution in [3.05, 3.63) is 46.1 Å². The molecule has 2 aliphatic heterocycles. The number of aliphatic imine (C=N–C) groups is 1. The Kier molecular flexibility index (Phi) is 7.50. The first-order valence-corrected chi connectivity index (χ1v) is 11.2. The van der Waals surface area contributed by atoms with E-state index in [0.29, 0.717) is 40.4 Å². The molecule has 1 amide bonds. The van der Waals surface area contributed by atoms with Crippen LogP contribution in [-0.2, 0) is 14.3 Å². The Morgan fingerprint density at radius 2 is 1.97 bits per heavy atom. The predicted octanol–water partition coefficient (Wildman–Crippen LogP) is 3.61. The number of benzene rings is 1. The van der Waals surface area contributed by atoms with E-state index in [1.807, 2.05) is 36.3 Å². The Hall–Kier alpha value is -2.94. The van der Waals surface area contributed by atoms with E-state index in [9.17, 15) is 9.59 Å². The molecule has 1 N–H and O–H groups in total. The molecular weight excluding hydrogens is 430 g/mol. The van der Waals surface area contributed by atoms with Crippen LogP contribution in [0.1, 0.15) is 38.8 Å². The van der Waals surface area contributed by atoms with Crippen molar-refractivity contribution < 1.29 is 23.8 Å². The van der Waals surface area contributed by atoms with Crippen molar-refractivity contribution in [3.8, 4) is 11.5 Å². The van der Waals surface area contributed by atoms with Crippen molar-refractivity contribution in [2.45, 2.75) is 33.2 Å². The van der Waals surface area contributed by atoms with Crippen LogP contribution in [0.5, 0.6) is 11.5 Å². The van der Waals surface area contributed by atoms with E-state index in [1.54, 1.807) is 27.2 Å². The smallest absolute Gasteiger partial charge is 0.338 e. The number of carbonyl (C=O) groups excluding carboxylic acids is 2. The zero-order valence-corrected chi connectivity index (χ0v) is 20.0. The molecule has 3 rings (SSSR count). The Morgan fingerprint density at radius 1 is 1.22 bits per heavy atom. The number of hydrogen-bond acceptors (Lipinski definition) is 8. The van der Waals surface area contributed by atoms with Crippen LogP contribution >= 0.6 is 11.8 Å². The van der Waals surface area contributed by atoms with Crippen LogP contribution < -0.4 is 14.8 Å². The second kappa shape index (κ2) is 10.1. The second-order valence-corrected chi connectivity index (χ2v) is 8.68. The number of thioether (sulfide) groups is 1. The highest BCUT2D eigenvalue weighted by atomic mass is 32.2. The van der Waals surface area contributed by atoms with Crippen molar-refractivity contribution in [1.29, 1.82) is 0 Å². The molecule has 9 heteroatoms. The number of rotatable bonds is 8. The molecule has 0 fully saturated rings. The predicted molar refractivity (Wildman–Crippen MR) is 124 cm³/mol. The van der Waals surface area contributed by atoms with Gasteiger partial charge in [0, 0.05) is 17.8 Å². The average Bonchev–Trinajstić information content (AvgIpc) is 3.17. The SMILES string of the molecule is COC(=O)C1=C(C)N=C2SC=C(CC(=O)NCC(C)C)N2C1c1cccc(OC)c1OC. The molecule has 2 heterocycles. The summed E-state index contributed by atoms with van der Waals surface area (Å²) in [4.78, 5) is 32.0. The summed E-state index contributed by atoms with van der Waals surface area (Å²) in [7, 11) is 4.47. The maximum atomic E-state index is 12.9. The third-order valence-corrected chi connectivity index (χ3v) is 6.07. The first kappa shape index (κ1) is 23.7. The topological polar surface area (TPSA) is 89.5 Å². The van der Waals surface area contributed by atoms with Gasteiger partial charge in [-0.3, -0.25) is 4.79 Å². The lowest BCUT2D eigenvalue weighted by Crippen LogP contribution is -2.38. The van der Waals surface area contributed by atoms with Crippen LogP contribution in [0.3, 0.4) is 0 Å². The molecule has 8 nitrogen and oxygen atoms in total. The quantitative estimate of drug-likeness (QED) is 0.594. The number of methoxy groups -OCH3 is 3. The van der Waals surface area contributed by atoms with Crippen LogP contribution in [-0.4, -0.2) is 49.8 Å². The number of allylic oxidation sites excluding steroid dienone is 1. The van der Waals surface area contributed by atoms with Crippen molar-refractivity contribution in [2.75, 3.05) is 27.9 Å². The summed E-state index contributed by atoms with van der Waals surface area (Å²) in [5, 5.41) is 5.55. The Labute approximate surface area is 192 Å². The monoisotopic (exact) mass is 459 g/mol. The Bertz CT molecular complexity index is 999. The minimum Gasteiger partial charge on any atom is -0.493 e. The Morgan fingerprint density at radius 3 is 2.59 bits per heavy atom. The van der Waals surface area contributed by atoms with Gasteiger partial charge in [0.1, 0.15) is 0 Å². The van der Waals surface area contributed by atoms with Crippen LogP contribution in [0.25, 0.3) is 0 Å². The van der Waals surface area contributed by atoms with Crippen LogP contribution in [0, 0.1) is 5.92 Å². The Balaban J connectivity index is 2.08. The molecule has 172 valence electrons. The number of amides is 1. The molecule has 0 saturated heterocycles. The summed E-state index contributed by atoms with van der Waals surface area (Å²) in [5.74, 6) is 0.831. The van der Waals surface area contributed by atoms with Crippen molar-refractivity contribution >= 4 is 28.8 Å². The van der Waals surface area contributed by atoms with Gasteiger partial charge in [-0.25, -0.2) is 9.79 Å². The molecule has 0 saturated carbocycles. The van der Waals surface area contributed by atoms with E-state index in [2.05, 4.69) is 10.3 Å². The molecular formula is C23H29N3O5S. The number of fused-ring (bicyclic) bond motifs is 1. The maximum absolute atomic E-state index is 12.9. The molecule has 1 unspecified atom stereocenters. The summed E-state index contributed by atoms with van der Waals surface area (Å²) in [6.45, 7) is 6.47. The molecule has 32 heavy (non-hydrogen) atoms. The number of ether oxygens (including phenoxy) is 3. The number of nitrogens with zero attached hydrogens (tertiary/aromatic N) is 2. The highest BCUT2D eigenvalue weighted by Crippen LogP contribution is 2.48. The molecule has 1 aromatic rings. The fourth-order valence-corrected chi connectivity index (χ4v) is 4.67. The normalized spacial score (nSPS) is 17.6. The lowest BCUT2D eigenvalue weighted by atomic mass is 9.92. The number of amidine groups is 1. The zero-order chi connectivity index (χ0) is 23.4. The summed E-state index contributed by atoms with van der Waals surface area (Å²) in [6.07, 6.45) is 0.162. The molecule has 0 aromatic heterocycles. The molecule has 2 aliphatic rings. The zero-order valence-electron chi connectivity index (χ0n) is 19.2. The first-order valence-electron chi connectivity index (χ1n) is 10.3. The summed E-state index contributed by atoms with van der Waals surface area (Å²) >= 11 is 1.42. The number of esters is 1.